The van der Waals surface area contributed by atoms with Crippen molar-refractivity contribution in [2.75, 3.05) is 17.6 Å². The molecule has 0 saturated heterocycles. The van der Waals surface area contributed by atoms with Crippen LogP contribution in [0.5, 0.6) is 0 Å². The molecule has 0 spiro atoms. The van der Waals surface area contributed by atoms with Gasteiger partial charge in [-0.3, -0.25) is 0 Å². The van der Waals surface area contributed by atoms with Gasteiger partial charge in [0.15, 0.2) is 0 Å². The Morgan fingerprint density at radius 3 is 2.47 bits per heavy atom. The first-order valence-electron chi connectivity index (χ1n) is 4.44. The predicted molar refractivity (Wildman–Crippen MR) is 53.9 cm³/mol. The summed E-state index contributed by atoms with van der Waals surface area (Å²) in [6.45, 7) is -1.47. The number of nitrogen functional groups attached to an aromatic ring is 1. The van der Waals surface area contributed by atoms with Crippen molar-refractivity contribution in [1.29, 1.82) is 0 Å². The summed E-state index contributed by atoms with van der Waals surface area (Å²) in [4.78, 5) is 11.0. The Kier molecular flexibility index (Phi) is 3.77. The minimum atomic E-state index is -4.50. The molecule has 0 heterocycles. The Morgan fingerprint density at radius 1 is 1.29 bits per heavy atom. The summed E-state index contributed by atoms with van der Waals surface area (Å²) < 4.78 is 48.1. The van der Waals surface area contributed by atoms with Crippen molar-refractivity contribution in [2.24, 2.45) is 0 Å². The molecule has 2 amide bonds. The number of hydrogen-bond donors (Lipinski definition) is 3. The topological polar surface area (TPSA) is 67.1 Å². The average Bonchev–Trinajstić information content (AvgIpc) is 2.11. The van der Waals surface area contributed by atoms with Crippen molar-refractivity contribution in [3.05, 3.63) is 24.0 Å². The molecule has 17 heavy (non-hydrogen) atoms. The Bertz CT molecular complexity index is 399. The molecule has 0 saturated carbocycles. The van der Waals surface area contributed by atoms with Crippen LogP contribution < -0.4 is 16.4 Å². The lowest BCUT2D eigenvalue weighted by atomic mass is 10.3. The number of rotatable bonds is 2. The molecule has 0 aliphatic carbocycles. The third-order valence-corrected chi connectivity index (χ3v) is 1.63. The second kappa shape index (κ2) is 4.89. The third-order valence-electron chi connectivity index (χ3n) is 1.63. The van der Waals surface area contributed by atoms with Gasteiger partial charge in [0.25, 0.3) is 0 Å². The second-order valence-corrected chi connectivity index (χ2v) is 3.20. The number of amides is 2. The minimum absolute atomic E-state index is 0.0258. The summed E-state index contributed by atoms with van der Waals surface area (Å²) in [5, 5.41) is 3.60. The Balaban J connectivity index is 2.56. The summed E-state index contributed by atoms with van der Waals surface area (Å²) in [6, 6.07) is 2.07. The van der Waals surface area contributed by atoms with Gasteiger partial charge in [0.05, 0.1) is 0 Å². The van der Waals surface area contributed by atoms with E-state index in [0.717, 1.165) is 12.1 Å². The molecule has 1 aromatic carbocycles. The fourth-order valence-electron chi connectivity index (χ4n) is 1.04. The van der Waals surface area contributed by atoms with E-state index < -0.39 is 24.6 Å². The predicted octanol–water partition coefficient (Wildman–Crippen LogP) is 2.09. The summed E-state index contributed by atoms with van der Waals surface area (Å²) in [5.41, 5.74) is 5.31. The smallest absolute Gasteiger partial charge is 0.399 e. The molecule has 8 heteroatoms. The number of benzene rings is 1. The highest BCUT2D eigenvalue weighted by Crippen LogP contribution is 2.16. The second-order valence-electron chi connectivity index (χ2n) is 3.20. The van der Waals surface area contributed by atoms with E-state index in [1.165, 1.54) is 6.07 Å². The lowest BCUT2D eigenvalue weighted by molar-refractivity contribution is -0.122. The van der Waals surface area contributed by atoms with Gasteiger partial charge < -0.3 is 16.4 Å². The van der Waals surface area contributed by atoms with E-state index in [2.05, 4.69) is 0 Å². The number of alkyl halides is 3. The molecule has 0 aromatic heterocycles. The number of anilines is 2. The molecule has 4 N–H and O–H groups in total. The van der Waals surface area contributed by atoms with Crippen LogP contribution in [0.1, 0.15) is 0 Å². The van der Waals surface area contributed by atoms with Gasteiger partial charge in [-0.05, 0) is 18.2 Å². The molecule has 0 aliphatic heterocycles. The van der Waals surface area contributed by atoms with Gasteiger partial charge in [-0.15, -0.1) is 0 Å². The first-order valence-corrected chi connectivity index (χ1v) is 4.44. The highest BCUT2D eigenvalue weighted by Gasteiger charge is 2.27. The van der Waals surface area contributed by atoms with Gasteiger partial charge in [-0.1, -0.05) is 0 Å². The number of nitrogens with two attached hydrogens (primary N) is 1. The van der Waals surface area contributed by atoms with Crippen molar-refractivity contribution < 1.29 is 22.4 Å². The van der Waals surface area contributed by atoms with Crippen LogP contribution in [-0.4, -0.2) is 18.8 Å². The molecular formula is C9H9F4N3O. The lowest BCUT2D eigenvalue weighted by Crippen LogP contribution is -2.36. The molecule has 94 valence electrons. The van der Waals surface area contributed by atoms with Gasteiger partial charge in [0, 0.05) is 11.4 Å². The summed E-state index contributed by atoms with van der Waals surface area (Å²) in [6.07, 6.45) is -4.50. The van der Waals surface area contributed by atoms with Crippen LogP contribution >= 0.6 is 0 Å². The quantitative estimate of drug-likeness (QED) is 0.556. The zero-order chi connectivity index (χ0) is 13.1. The zero-order valence-electron chi connectivity index (χ0n) is 8.44. The molecule has 0 atom stereocenters. The van der Waals surface area contributed by atoms with Crippen LogP contribution in [-0.2, 0) is 0 Å². The van der Waals surface area contributed by atoms with Gasteiger partial charge in [-0.25, -0.2) is 9.18 Å². The molecule has 1 rings (SSSR count). The van der Waals surface area contributed by atoms with Crippen molar-refractivity contribution in [3.63, 3.8) is 0 Å². The van der Waals surface area contributed by atoms with Crippen LogP contribution in [0.25, 0.3) is 0 Å². The van der Waals surface area contributed by atoms with Crippen LogP contribution in [0.3, 0.4) is 0 Å². The number of hydrogen-bond acceptors (Lipinski definition) is 2. The van der Waals surface area contributed by atoms with Crippen LogP contribution in [0, 0.1) is 5.82 Å². The standard InChI is InChI=1S/C9H9F4N3O/c10-5-1-6(14)3-7(2-5)16-8(17)15-4-9(11,12)13/h1-3H,4,14H2,(H2,15,16,17). The maximum Gasteiger partial charge on any atom is 0.405 e. The minimum Gasteiger partial charge on any atom is -0.399 e. The highest BCUT2D eigenvalue weighted by molar-refractivity contribution is 5.89. The number of nitrogens with one attached hydrogen (secondary N) is 2. The fraction of sp³-hybridized carbons (Fsp3) is 0.222. The molecule has 0 radical (unpaired) electrons. The maximum atomic E-state index is 12.8. The molecule has 0 aliphatic rings. The largest absolute Gasteiger partial charge is 0.405 e. The number of halogens is 4. The van der Waals surface area contributed by atoms with Crippen molar-refractivity contribution in [3.8, 4) is 0 Å². The molecule has 0 unspecified atom stereocenters. The van der Waals surface area contributed by atoms with E-state index in [1.54, 1.807) is 5.32 Å². The van der Waals surface area contributed by atoms with E-state index in [4.69, 9.17) is 5.73 Å². The highest BCUT2D eigenvalue weighted by atomic mass is 19.4. The van der Waals surface area contributed by atoms with E-state index >= 15 is 0 Å². The third kappa shape index (κ3) is 5.05. The SMILES string of the molecule is Nc1cc(F)cc(NC(=O)NCC(F)(F)F)c1. The fourth-order valence-corrected chi connectivity index (χ4v) is 1.04. The van der Waals surface area contributed by atoms with Crippen molar-refractivity contribution >= 4 is 17.4 Å². The normalized spacial score (nSPS) is 11.1. The van der Waals surface area contributed by atoms with Crippen LogP contribution in [0.15, 0.2) is 18.2 Å². The van der Waals surface area contributed by atoms with E-state index in [1.807, 2.05) is 5.32 Å². The zero-order valence-corrected chi connectivity index (χ0v) is 8.44. The molecule has 0 bridgehead atoms. The summed E-state index contributed by atoms with van der Waals surface area (Å²) >= 11 is 0. The van der Waals surface area contributed by atoms with E-state index in [0.29, 0.717) is 0 Å². The van der Waals surface area contributed by atoms with Crippen molar-refractivity contribution in [1.82, 2.24) is 5.32 Å². The van der Waals surface area contributed by atoms with E-state index in [-0.39, 0.29) is 11.4 Å². The van der Waals surface area contributed by atoms with E-state index in [9.17, 15) is 22.4 Å². The molecular weight excluding hydrogens is 242 g/mol. The number of urea groups is 1. The monoisotopic (exact) mass is 251 g/mol. The van der Waals surface area contributed by atoms with Gasteiger partial charge in [0.2, 0.25) is 0 Å². The maximum absolute atomic E-state index is 12.8. The molecule has 0 fully saturated rings. The Labute approximate surface area is 93.8 Å². The number of carbonyl (C=O) groups excluding carboxylic acids is 1. The summed E-state index contributed by atoms with van der Waals surface area (Å²) in [7, 11) is 0. The first kappa shape index (κ1) is 13.1. The van der Waals surface area contributed by atoms with Crippen molar-refractivity contribution in [2.45, 2.75) is 6.18 Å². The molecule has 1 aromatic rings. The molecule has 4 nitrogen and oxygen atoms in total. The first-order chi connectivity index (χ1) is 7.76. The summed E-state index contributed by atoms with van der Waals surface area (Å²) in [5.74, 6) is -0.698. The van der Waals surface area contributed by atoms with Crippen LogP contribution in [0.2, 0.25) is 0 Å². The van der Waals surface area contributed by atoms with Gasteiger partial charge in [-0.2, -0.15) is 13.2 Å². The van der Waals surface area contributed by atoms with Gasteiger partial charge in [0.1, 0.15) is 12.4 Å². The average molecular weight is 251 g/mol. The lowest BCUT2D eigenvalue weighted by Gasteiger charge is -2.10. The van der Waals surface area contributed by atoms with Gasteiger partial charge >= 0.3 is 12.2 Å². The Hall–Kier alpha value is -1.99. The number of carbonyl (C=O) groups is 1. The Morgan fingerprint density at radius 2 is 1.94 bits per heavy atom. The van der Waals surface area contributed by atoms with Crippen LogP contribution in [0.4, 0.5) is 33.7 Å².